The maximum Gasteiger partial charge on any atom is 0.247 e. The molecule has 4 heterocycles. The number of methoxy groups -OCH3 is 1. The number of piperidine rings is 1. The minimum absolute atomic E-state index is 0.241. The normalized spacial score (nSPS) is 19.4. The van der Waals surface area contributed by atoms with Crippen LogP contribution in [0.3, 0.4) is 0 Å². The summed E-state index contributed by atoms with van der Waals surface area (Å²) in [6.45, 7) is 11.0. The molecule has 1 atom stereocenters. The number of nitrogens with zero attached hydrogens (tertiary/aromatic N) is 5. The highest BCUT2D eigenvalue weighted by molar-refractivity contribution is 6.02. The summed E-state index contributed by atoms with van der Waals surface area (Å²) in [6.07, 6.45) is 5.35. The molecule has 11 nitrogen and oxygen atoms in total. The fourth-order valence-electron chi connectivity index (χ4n) is 6.37. The second kappa shape index (κ2) is 13.8. The zero-order valence-electron chi connectivity index (χ0n) is 25.8. The Hall–Kier alpha value is -4.26. The van der Waals surface area contributed by atoms with Crippen molar-refractivity contribution in [2.24, 2.45) is 0 Å². The molecule has 1 aromatic heterocycles. The van der Waals surface area contributed by atoms with Gasteiger partial charge in [0.25, 0.3) is 0 Å². The van der Waals surface area contributed by atoms with Crippen LogP contribution in [0.5, 0.6) is 5.75 Å². The van der Waals surface area contributed by atoms with Gasteiger partial charge in [-0.2, -0.15) is 0 Å². The average molecular weight is 618 g/mol. The van der Waals surface area contributed by atoms with Crippen LogP contribution in [0.1, 0.15) is 36.4 Å². The maximum absolute atomic E-state index is 15.0. The molecule has 238 valence electrons. The van der Waals surface area contributed by atoms with Gasteiger partial charge in [0.1, 0.15) is 23.7 Å². The molecule has 0 aliphatic carbocycles. The van der Waals surface area contributed by atoms with Crippen molar-refractivity contribution in [3.05, 3.63) is 72.3 Å². The number of hydroxylamine groups is 1. The number of hydrogen-bond donors (Lipinski definition) is 2. The van der Waals surface area contributed by atoms with Crippen LogP contribution in [0.2, 0.25) is 0 Å². The summed E-state index contributed by atoms with van der Waals surface area (Å²) in [5, 5.41) is 7.95. The number of carbonyl (C=O) groups excluding carboxylic acids is 1. The van der Waals surface area contributed by atoms with Crippen molar-refractivity contribution in [2.75, 3.05) is 73.7 Å². The van der Waals surface area contributed by atoms with E-state index in [-0.39, 0.29) is 17.8 Å². The number of carbonyl (C=O) groups is 1. The lowest BCUT2D eigenvalue weighted by molar-refractivity contribution is -0.111. The van der Waals surface area contributed by atoms with E-state index < -0.39 is 0 Å². The minimum Gasteiger partial charge on any atom is -0.494 e. The lowest BCUT2D eigenvalue weighted by atomic mass is 10.0. The van der Waals surface area contributed by atoms with Crippen LogP contribution in [-0.4, -0.2) is 79.9 Å². The summed E-state index contributed by atoms with van der Waals surface area (Å²) in [7, 11) is 1.61. The molecule has 3 aliphatic rings. The quantitative estimate of drug-likeness (QED) is 0.320. The molecule has 6 rings (SSSR count). The molecule has 3 aliphatic heterocycles. The third-order valence-corrected chi connectivity index (χ3v) is 8.75. The molecule has 0 saturated carbocycles. The molecular weight excluding hydrogens is 577 g/mol. The van der Waals surface area contributed by atoms with Crippen LogP contribution >= 0.6 is 0 Å². The van der Waals surface area contributed by atoms with Gasteiger partial charge in [-0.1, -0.05) is 24.8 Å². The Morgan fingerprint density at radius 3 is 2.62 bits per heavy atom. The number of ether oxygens (including phenoxy) is 2. The van der Waals surface area contributed by atoms with Gasteiger partial charge in [0.05, 0.1) is 50.0 Å². The van der Waals surface area contributed by atoms with E-state index in [9.17, 15) is 4.79 Å². The second-order valence-electron chi connectivity index (χ2n) is 11.5. The number of aromatic nitrogens is 2. The molecule has 1 amide bonds. The Morgan fingerprint density at radius 2 is 1.87 bits per heavy atom. The molecule has 0 spiro atoms. The Morgan fingerprint density at radius 1 is 1.07 bits per heavy atom. The zero-order valence-corrected chi connectivity index (χ0v) is 25.8. The first-order chi connectivity index (χ1) is 21.9. The fraction of sp³-hybridized carbons (Fsp3) is 0.424. The highest BCUT2D eigenvalue weighted by Gasteiger charge is 2.32. The summed E-state index contributed by atoms with van der Waals surface area (Å²) in [5.41, 5.74) is 3.28. The van der Waals surface area contributed by atoms with Gasteiger partial charge >= 0.3 is 0 Å². The third-order valence-electron chi connectivity index (χ3n) is 8.75. The predicted octanol–water partition coefficient (Wildman–Crippen LogP) is 4.98. The van der Waals surface area contributed by atoms with Crippen molar-refractivity contribution in [3.8, 4) is 5.75 Å². The summed E-state index contributed by atoms with van der Waals surface area (Å²) in [4.78, 5) is 32.1. The average Bonchev–Trinajstić information content (AvgIpc) is 3.57. The van der Waals surface area contributed by atoms with Crippen molar-refractivity contribution >= 4 is 34.6 Å². The van der Waals surface area contributed by atoms with Crippen molar-refractivity contribution in [1.29, 1.82) is 0 Å². The molecular formula is C33H40FN7O4. The number of benzene rings is 2. The van der Waals surface area contributed by atoms with Crippen LogP contribution < -0.4 is 25.3 Å². The predicted molar refractivity (Wildman–Crippen MR) is 172 cm³/mol. The number of morpholine rings is 1. The molecule has 3 aromatic rings. The van der Waals surface area contributed by atoms with Gasteiger partial charge in [-0.25, -0.2) is 19.4 Å². The first-order valence-corrected chi connectivity index (χ1v) is 15.4. The van der Waals surface area contributed by atoms with Gasteiger partial charge in [0.2, 0.25) is 5.91 Å². The number of amides is 1. The smallest absolute Gasteiger partial charge is 0.247 e. The van der Waals surface area contributed by atoms with E-state index in [1.54, 1.807) is 37.3 Å². The molecule has 1 unspecified atom stereocenters. The highest BCUT2D eigenvalue weighted by Crippen LogP contribution is 2.41. The molecule has 12 heteroatoms. The SMILES string of the molecule is C=CC(=O)Nc1cc(Nc2cc(N3OCCC3c3cccc(C)c3F)ncn2)c(OC)cc1N1CCC(N2CCOCC2)CC1. The number of rotatable bonds is 9. The van der Waals surface area contributed by atoms with Crippen LogP contribution in [0, 0.1) is 12.7 Å². The standard InChI is InChI=1S/C33H40FN7O4/c1-4-32(42)38-25-18-26(29(43-3)19-28(25)40-11-8-23(9-12-40)39-13-16-44-17-14-39)37-30-20-31(36-21-35-30)41-27(10-15-45-41)24-7-5-6-22(2)33(24)34/h4-7,18-21,23,27H,1,8-17H2,2-3H3,(H,38,42)(H,35,36,37). The molecule has 3 fully saturated rings. The highest BCUT2D eigenvalue weighted by atomic mass is 19.1. The van der Waals surface area contributed by atoms with Gasteiger partial charge < -0.3 is 25.0 Å². The number of hydrogen-bond acceptors (Lipinski definition) is 10. The molecule has 0 bridgehead atoms. The van der Waals surface area contributed by atoms with Crippen molar-refractivity contribution < 1.29 is 23.5 Å². The largest absolute Gasteiger partial charge is 0.494 e. The number of halogens is 1. The first-order valence-electron chi connectivity index (χ1n) is 15.4. The third kappa shape index (κ3) is 6.73. The van der Waals surface area contributed by atoms with E-state index in [0.29, 0.717) is 59.0 Å². The summed E-state index contributed by atoms with van der Waals surface area (Å²) >= 11 is 0. The number of aryl methyl sites for hydroxylation is 1. The van der Waals surface area contributed by atoms with Gasteiger partial charge in [0.15, 0.2) is 5.82 Å². The van der Waals surface area contributed by atoms with E-state index in [1.807, 2.05) is 18.2 Å². The van der Waals surface area contributed by atoms with Crippen LogP contribution in [0.25, 0.3) is 0 Å². The Balaban J connectivity index is 1.24. The topological polar surface area (TPSA) is 104 Å². The molecule has 0 radical (unpaired) electrons. The Labute approximate surface area is 262 Å². The fourth-order valence-corrected chi connectivity index (χ4v) is 6.37. The summed E-state index contributed by atoms with van der Waals surface area (Å²) in [5.74, 6) is 1.02. The first kappa shape index (κ1) is 30.8. The van der Waals surface area contributed by atoms with Gasteiger partial charge in [-0.05, 0) is 37.5 Å². The monoisotopic (exact) mass is 617 g/mol. The summed E-state index contributed by atoms with van der Waals surface area (Å²) < 4.78 is 26.4. The molecule has 2 N–H and O–H groups in total. The van der Waals surface area contributed by atoms with E-state index in [4.69, 9.17) is 14.3 Å². The lowest BCUT2D eigenvalue weighted by Crippen LogP contribution is -2.49. The van der Waals surface area contributed by atoms with Crippen molar-refractivity contribution in [2.45, 2.75) is 38.3 Å². The van der Waals surface area contributed by atoms with Gasteiger partial charge in [-0.3, -0.25) is 14.5 Å². The lowest BCUT2D eigenvalue weighted by Gasteiger charge is -2.41. The Bertz CT molecular complexity index is 1520. The van der Waals surface area contributed by atoms with Gasteiger partial charge in [-0.15, -0.1) is 0 Å². The number of anilines is 5. The van der Waals surface area contributed by atoms with E-state index in [2.05, 4.69) is 37.0 Å². The molecule has 2 aromatic carbocycles. The molecule has 3 saturated heterocycles. The van der Waals surface area contributed by atoms with E-state index in [1.165, 1.54) is 12.4 Å². The second-order valence-corrected chi connectivity index (χ2v) is 11.5. The zero-order chi connectivity index (χ0) is 31.3. The molecule has 45 heavy (non-hydrogen) atoms. The van der Waals surface area contributed by atoms with E-state index >= 15 is 4.39 Å². The van der Waals surface area contributed by atoms with Crippen LogP contribution in [0.4, 0.5) is 33.1 Å². The number of nitrogens with one attached hydrogen (secondary N) is 2. The van der Waals surface area contributed by atoms with E-state index in [0.717, 1.165) is 57.9 Å². The minimum atomic E-state index is -0.324. The Kier molecular flexibility index (Phi) is 9.43. The van der Waals surface area contributed by atoms with Gasteiger partial charge in [0, 0.05) is 56.3 Å². The van der Waals surface area contributed by atoms with Crippen molar-refractivity contribution in [1.82, 2.24) is 14.9 Å². The van der Waals surface area contributed by atoms with Crippen molar-refractivity contribution in [3.63, 3.8) is 0 Å². The van der Waals surface area contributed by atoms with Crippen LogP contribution in [-0.2, 0) is 14.4 Å². The van der Waals surface area contributed by atoms with Crippen LogP contribution in [0.15, 0.2) is 55.4 Å². The maximum atomic E-state index is 15.0. The summed E-state index contributed by atoms with van der Waals surface area (Å²) in [6, 6.07) is 11.1.